The summed E-state index contributed by atoms with van der Waals surface area (Å²) in [6, 6.07) is 0. The number of rotatable bonds is 1. The van der Waals surface area contributed by atoms with Crippen LogP contribution < -0.4 is 11.2 Å². The maximum atomic E-state index is 7.46. The van der Waals surface area contributed by atoms with Crippen LogP contribution in [0.2, 0.25) is 0 Å². The lowest BCUT2D eigenvalue weighted by Gasteiger charge is -1.90. The van der Waals surface area contributed by atoms with Gasteiger partial charge in [-0.05, 0) is 12.2 Å². The highest BCUT2D eigenvalue weighted by Gasteiger charge is 1.76. The fourth-order valence-corrected chi connectivity index (χ4v) is 0.0823. The first-order valence-corrected chi connectivity index (χ1v) is 1.54. The van der Waals surface area contributed by atoms with Gasteiger partial charge in [0, 0.05) is 0 Å². The van der Waals surface area contributed by atoms with Crippen molar-refractivity contribution in [1.29, 1.82) is 0 Å². The van der Waals surface area contributed by atoms with Crippen molar-refractivity contribution in [2.45, 2.75) is 0 Å². The predicted octanol–water partition coefficient (Wildman–Crippen LogP) is -0.776. The van der Waals surface area contributed by atoms with Crippen LogP contribution in [0.4, 0.5) is 0 Å². The second kappa shape index (κ2) is 2.83. The Morgan fingerprint density at radius 1 is 2.00 bits per heavy atom. The van der Waals surface area contributed by atoms with E-state index in [4.69, 9.17) is 11.0 Å². The van der Waals surface area contributed by atoms with Gasteiger partial charge in [-0.25, -0.2) is 10.7 Å². The fraction of sp³-hybridized carbons (Fsp3) is 0. The molecule has 0 radical (unpaired) electrons. The molecule has 0 spiro atoms. The van der Waals surface area contributed by atoms with Gasteiger partial charge in [0.1, 0.15) is 0 Å². The van der Waals surface area contributed by atoms with E-state index in [1.165, 1.54) is 0 Å². The Morgan fingerprint density at radius 3 is 2.50 bits per heavy atom. The summed E-state index contributed by atoms with van der Waals surface area (Å²) in [5.41, 5.74) is 6.51. The van der Waals surface area contributed by atoms with Gasteiger partial charge in [0.25, 0.3) is 0 Å². The molecule has 0 saturated carbocycles. The van der Waals surface area contributed by atoms with E-state index in [9.17, 15) is 0 Å². The Balaban J connectivity index is 2.83. The van der Waals surface area contributed by atoms with Crippen molar-refractivity contribution in [2.75, 3.05) is 0 Å². The van der Waals surface area contributed by atoms with Crippen molar-refractivity contribution in [3.63, 3.8) is 0 Å². The lowest BCUT2D eigenvalue weighted by Crippen LogP contribution is -2.27. The Labute approximate surface area is 39.8 Å². The van der Waals surface area contributed by atoms with Gasteiger partial charge in [0.15, 0.2) is 5.11 Å². The zero-order valence-electron chi connectivity index (χ0n) is 2.84. The summed E-state index contributed by atoms with van der Waals surface area (Å²) in [6.45, 7) is 0. The van der Waals surface area contributed by atoms with E-state index in [0.717, 1.165) is 0 Å². The Morgan fingerprint density at radius 2 is 2.50 bits per heavy atom. The molecular weight excluding hydrogens is 104 g/mol. The minimum absolute atomic E-state index is 0.0995. The standard InChI is InChI=1S/CH4N2O2S/c2-1(6)3-5-4/h4H,(H3,2,3,6). The number of thiocarbonyl (C=S) groups is 1. The molecule has 6 heavy (non-hydrogen) atoms. The first-order chi connectivity index (χ1) is 2.77. The molecule has 5 heteroatoms. The van der Waals surface area contributed by atoms with E-state index in [1.54, 1.807) is 5.48 Å². The Hall–Kier alpha value is -0.390. The largest absolute Gasteiger partial charge is 0.375 e. The van der Waals surface area contributed by atoms with Gasteiger partial charge in [-0.2, -0.15) is 0 Å². The molecule has 0 heterocycles. The summed E-state index contributed by atoms with van der Waals surface area (Å²) in [4.78, 5) is 3.29. The fourth-order valence-electron chi connectivity index (χ4n) is 0.0450. The smallest absolute Gasteiger partial charge is 0.190 e. The summed E-state index contributed by atoms with van der Waals surface area (Å²) in [5.74, 6) is 0. The van der Waals surface area contributed by atoms with Crippen LogP contribution in [0.1, 0.15) is 0 Å². The number of nitrogens with one attached hydrogen (secondary N) is 1. The molecule has 0 saturated heterocycles. The number of hydrogen-bond acceptors (Lipinski definition) is 3. The molecular formula is CH4N2O2S. The van der Waals surface area contributed by atoms with Gasteiger partial charge in [0.2, 0.25) is 0 Å². The summed E-state index contributed by atoms with van der Waals surface area (Å²) in [6.07, 6.45) is 0. The van der Waals surface area contributed by atoms with Crippen molar-refractivity contribution in [3.05, 3.63) is 0 Å². The molecule has 4 nitrogen and oxygen atoms in total. The van der Waals surface area contributed by atoms with Crippen molar-refractivity contribution < 1.29 is 10.2 Å². The summed E-state index contributed by atoms with van der Waals surface area (Å²) in [5, 5.41) is 7.36. The van der Waals surface area contributed by atoms with Crippen LogP contribution in [0.5, 0.6) is 0 Å². The van der Waals surface area contributed by atoms with Gasteiger partial charge in [-0.3, -0.25) is 0 Å². The highest BCUT2D eigenvalue weighted by atomic mass is 32.1. The van der Waals surface area contributed by atoms with Gasteiger partial charge in [-0.15, -0.1) is 4.99 Å². The average molecular weight is 108 g/mol. The molecule has 0 aromatic heterocycles. The summed E-state index contributed by atoms with van der Waals surface area (Å²) < 4.78 is 0. The average Bonchev–Trinajstić information content (AvgIpc) is 1.35. The quantitative estimate of drug-likeness (QED) is 0.234. The van der Waals surface area contributed by atoms with E-state index in [0.29, 0.717) is 0 Å². The van der Waals surface area contributed by atoms with Crippen molar-refractivity contribution in [2.24, 2.45) is 5.73 Å². The molecule has 0 fully saturated rings. The molecule has 0 aromatic rings. The molecule has 0 atom stereocenters. The third-order valence-electron chi connectivity index (χ3n) is 0.146. The summed E-state index contributed by atoms with van der Waals surface area (Å²) in [7, 11) is 0. The van der Waals surface area contributed by atoms with Gasteiger partial charge >= 0.3 is 0 Å². The van der Waals surface area contributed by atoms with Crippen LogP contribution in [-0.4, -0.2) is 10.4 Å². The van der Waals surface area contributed by atoms with Crippen LogP contribution in [0, 0.1) is 0 Å². The highest BCUT2D eigenvalue weighted by Crippen LogP contribution is 1.51. The lowest BCUT2D eigenvalue weighted by atomic mass is 11.2. The molecule has 0 aliphatic carbocycles. The zero-order chi connectivity index (χ0) is 4.99. The third kappa shape index (κ3) is 3.61. The molecule has 0 amide bonds. The molecule has 0 aromatic carbocycles. The van der Waals surface area contributed by atoms with E-state index in [-0.39, 0.29) is 5.11 Å². The molecule has 0 aliphatic rings. The third-order valence-corrected chi connectivity index (χ3v) is 0.230. The molecule has 0 unspecified atom stereocenters. The first-order valence-electron chi connectivity index (χ1n) is 1.13. The van der Waals surface area contributed by atoms with Crippen molar-refractivity contribution in [3.8, 4) is 0 Å². The van der Waals surface area contributed by atoms with E-state index < -0.39 is 0 Å². The predicted molar refractivity (Wildman–Crippen MR) is 23.6 cm³/mol. The van der Waals surface area contributed by atoms with E-state index in [2.05, 4.69) is 17.2 Å². The Bertz CT molecular complexity index is 55.5. The van der Waals surface area contributed by atoms with Crippen molar-refractivity contribution >= 4 is 17.3 Å². The molecule has 36 valence electrons. The maximum Gasteiger partial charge on any atom is 0.190 e. The molecule has 4 N–H and O–H groups in total. The monoisotopic (exact) mass is 108 g/mol. The number of hydrogen-bond donors (Lipinski definition) is 3. The highest BCUT2D eigenvalue weighted by molar-refractivity contribution is 7.80. The molecule has 0 aliphatic heterocycles. The van der Waals surface area contributed by atoms with Crippen LogP contribution in [0.25, 0.3) is 0 Å². The SMILES string of the molecule is NC(=S)NOO. The van der Waals surface area contributed by atoms with Gasteiger partial charge in [-0.1, -0.05) is 0 Å². The second-order valence-electron chi connectivity index (χ2n) is 0.558. The zero-order valence-corrected chi connectivity index (χ0v) is 3.66. The summed E-state index contributed by atoms with van der Waals surface area (Å²) >= 11 is 4.18. The van der Waals surface area contributed by atoms with Crippen LogP contribution in [-0.2, 0) is 4.99 Å². The first kappa shape index (κ1) is 5.61. The Kier molecular flexibility index (Phi) is 2.64. The minimum Gasteiger partial charge on any atom is -0.375 e. The van der Waals surface area contributed by atoms with Crippen LogP contribution in [0.15, 0.2) is 0 Å². The normalized spacial score (nSPS) is 7.50. The number of hydroxylamine groups is 1. The topological polar surface area (TPSA) is 67.5 Å². The van der Waals surface area contributed by atoms with Gasteiger partial charge < -0.3 is 5.73 Å². The van der Waals surface area contributed by atoms with Crippen LogP contribution >= 0.6 is 12.2 Å². The molecule has 0 rings (SSSR count). The van der Waals surface area contributed by atoms with Crippen molar-refractivity contribution in [1.82, 2.24) is 5.48 Å². The second-order valence-corrected chi connectivity index (χ2v) is 0.997. The number of nitrogens with two attached hydrogens (primary N) is 1. The minimum atomic E-state index is -0.0995. The van der Waals surface area contributed by atoms with E-state index >= 15 is 0 Å². The van der Waals surface area contributed by atoms with E-state index in [1.807, 2.05) is 0 Å². The maximum absolute atomic E-state index is 7.46. The van der Waals surface area contributed by atoms with Gasteiger partial charge in [0.05, 0.1) is 0 Å². The lowest BCUT2D eigenvalue weighted by molar-refractivity contribution is -0.273. The van der Waals surface area contributed by atoms with Crippen LogP contribution in [0.3, 0.4) is 0 Å². The molecule has 0 bridgehead atoms.